The minimum absolute atomic E-state index is 0. The quantitative estimate of drug-likeness (QED) is 0.713. The standard InChI is InChI=1S/C16H21N3O4.ClH/c1-3-5-13(16(20)21)17-10-14-18-15(19-23-14)11-6-8-12(9-7-11)22-4-2;/h6-9,13,17H,3-5,10H2,1-2H3,(H,20,21);1H. The maximum absolute atomic E-state index is 11.1. The summed E-state index contributed by atoms with van der Waals surface area (Å²) in [5.41, 5.74) is 0.812. The van der Waals surface area contributed by atoms with Gasteiger partial charge in [-0.2, -0.15) is 4.98 Å². The molecule has 1 aromatic heterocycles. The zero-order valence-electron chi connectivity index (χ0n) is 13.7. The lowest BCUT2D eigenvalue weighted by molar-refractivity contribution is -0.139. The van der Waals surface area contributed by atoms with Gasteiger partial charge < -0.3 is 14.4 Å². The summed E-state index contributed by atoms with van der Waals surface area (Å²) in [6.07, 6.45) is 1.33. The minimum Gasteiger partial charge on any atom is -0.494 e. The second-order valence-corrected chi connectivity index (χ2v) is 5.03. The van der Waals surface area contributed by atoms with E-state index >= 15 is 0 Å². The Balaban J connectivity index is 0.00000288. The SMILES string of the molecule is CCCC(NCc1nc(-c2ccc(OCC)cc2)no1)C(=O)O.Cl. The summed E-state index contributed by atoms with van der Waals surface area (Å²) >= 11 is 0. The highest BCUT2D eigenvalue weighted by molar-refractivity contribution is 5.85. The second-order valence-electron chi connectivity index (χ2n) is 5.03. The van der Waals surface area contributed by atoms with Crippen molar-refractivity contribution in [2.24, 2.45) is 0 Å². The summed E-state index contributed by atoms with van der Waals surface area (Å²) < 4.78 is 10.5. The summed E-state index contributed by atoms with van der Waals surface area (Å²) in [6.45, 7) is 4.70. The first-order chi connectivity index (χ1) is 11.1. The van der Waals surface area contributed by atoms with Crippen LogP contribution in [0.5, 0.6) is 5.75 Å². The first-order valence-corrected chi connectivity index (χ1v) is 7.66. The van der Waals surface area contributed by atoms with E-state index in [1.165, 1.54) is 0 Å². The lowest BCUT2D eigenvalue weighted by atomic mass is 10.2. The zero-order valence-corrected chi connectivity index (χ0v) is 14.5. The number of halogens is 1. The number of hydrogen-bond donors (Lipinski definition) is 2. The van der Waals surface area contributed by atoms with Crippen molar-refractivity contribution in [3.8, 4) is 17.1 Å². The molecule has 0 bridgehead atoms. The zero-order chi connectivity index (χ0) is 16.7. The van der Waals surface area contributed by atoms with Crippen LogP contribution in [0.4, 0.5) is 0 Å². The van der Waals surface area contributed by atoms with Crippen molar-refractivity contribution in [3.63, 3.8) is 0 Å². The van der Waals surface area contributed by atoms with Gasteiger partial charge in [-0.25, -0.2) is 0 Å². The van der Waals surface area contributed by atoms with Crippen LogP contribution in [0.1, 0.15) is 32.6 Å². The van der Waals surface area contributed by atoms with E-state index in [4.69, 9.17) is 14.4 Å². The number of hydrogen-bond acceptors (Lipinski definition) is 6. The maximum atomic E-state index is 11.1. The van der Waals surface area contributed by atoms with Crippen LogP contribution in [-0.4, -0.2) is 33.9 Å². The molecule has 132 valence electrons. The van der Waals surface area contributed by atoms with Crippen LogP contribution in [-0.2, 0) is 11.3 Å². The highest BCUT2D eigenvalue weighted by atomic mass is 35.5. The number of benzene rings is 1. The van der Waals surface area contributed by atoms with Gasteiger partial charge in [0.25, 0.3) is 0 Å². The number of carboxylic acid groups (broad SMARTS) is 1. The van der Waals surface area contributed by atoms with E-state index < -0.39 is 12.0 Å². The molecule has 0 aliphatic carbocycles. The summed E-state index contributed by atoms with van der Waals surface area (Å²) in [6, 6.07) is 6.78. The van der Waals surface area contributed by atoms with E-state index in [2.05, 4.69) is 15.5 Å². The van der Waals surface area contributed by atoms with Crippen LogP contribution in [0.25, 0.3) is 11.4 Å². The van der Waals surface area contributed by atoms with Crippen LogP contribution in [0.2, 0.25) is 0 Å². The van der Waals surface area contributed by atoms with Gasteiger partial charge in [-0.05, 0) is 37.6 Å². The molecule has 7 nitrogen and oxygen atoms in total. The largest absolute Gasteiger partial charge is 0.494 e. The Morgan fingerprint density at radius 2 is 2.04 bits per heavy atom. The first kappa shape index (κ1) is 19.9. The predicted octanol–water partition coefficient (Wildman–Crippen LogP) is 2.90. The first-order valence-electron chi connectivity index (χ1n) is 7.66. The van der Waals surface area contributed by atoms with Crippen molar-refractivity contribution in [2.45, 2.75) is 39.3 Å². The molecule has 2 aromatic rings. The minimum atomic E-state index is -0.877. The molecule has 2 rings (SSSR count). The molecule has 1 unspecified atom stereocenters. The summed E-state index contributed by atoms with van der Waals surface area (Å²) in [4.78, 5) is 15.4. The van der Waals surface area contributed by atoms with Gasteiger partial charge in [0.05, 0.1) is 13.2 Å². The Kier molecular flexibility index (Phi) is 8.21. The fourth-order valence-corrected chi connectivity index (χ4v) is 2.12. The molecule has 0 aliphatic heterocycles. The van der Waals surface area contributed by atoms with E-state index in [9.17, 15) is 4.79 Å². The molecule has 0 amide bonds. The summed E-state index contributed by atoms with van der Waals surface area (Å²) in [5.74, 6) is 0.729. The molecule has 24 heavy (non-hydrogen) atoms. The molecule has 0 spiro atoms. The second kappa shape index (κ2) is 9.89. The smallest absolute Gasteiger partial charge is 0.320 e. The van der Waals surface area contributed by atoms with Crippen molar-refractivity contribution in [1.29, 1.82) is 0 Å². The molecule has 0 fully saturated rings. The van der Waals surface area contributed by atoms with Crippen LogP contribution >= 0.6 is 12.4 Å². The molecule has 0 aliphatic rings. The molecule has 1 atom stereocenters. The fourth-order valence-electron chi connectivity index (χ4n) is 2.12. The van der Waals surface area contributed by atoms with Gasteiger partial charge in [0.15, 0.2) is 0 Å². The Labute approximate surface area is 146 Å². The highest BCUT2D eigenvalue weighted by Gasteiger charge is 2.17. The third kappa shape index (κ3) is 5.50. The van der Waals surface area contributed by atoms with E-state index in [-0.39, 0.29) is 19.0 Å². The third-order valence-electron chi connectivity index (χ3n) is 3.27. The van der Waals surface area contributed by atoms with Gasteiger partial charge in [-0.1, -0.05) is 18.5 Å². The van der Waals surface area contributed by atoms with E-state index in [0.29, 0.717) is 24.7 Å². The molecule has 0 saturated carbocycles. The average molecular weight is 356 g/mol. The number of rotatable bonds is 9. The van der Waals surface area contributed by atoms with Gasteiger partial charge >= 0.3 is 5.97 Å². The molecular weight excluding hydrogens is 334 g/mol. The molecule has 0 radical (unpaired) electrons. The number of nitrogens with one attached hydrogen (secondary N) is 1. The van der Waals surface area contributed by atoms with Crippen molar-refractivity contribution >= 4 is 18.4 Å². The van der Waals surface area contributed by atoms with Crippen molar-refractivity contribution in [3.05, 3.63) is 30.2 Å². The van der Waals surface area contributed by atoms with Gasteiger partial charge in [0.2, 0.25) is 11.7 Å². The lowest BCUT2D eigenvalue weighted by Crippen LogP contribution is -2.36. The van der Waals surface area contributed by atoms with Crippen LogP contribution in [0.15, 0.2) is 28.8 Å². The normalized spacial score (nSPS) is 11.6. The number of aromatic nitrogens is 2. The monoisotopic (exact) mass is 355 g/mol. The number of aliphatic carboxylic acids is 1. The van der Waals surface area contributed by atoms with Gasteiger partial charge in [0, 0.05) is 5.56 Å². The maximum Gasteiger partial charge on any atom is 0.320 e. The van der Waals surface area contributed by atoms with E-state index in [1.54, 1.807) is 0 Å². The Bertz CT molecular complexity index is 631. The van der Waals surface area contributed by atoms with E-state index in [1.807, 2.05) is 38.1 Å². The molecule has 8 heteroatoms. The Hall–Kier alpha value is -2.12. The number of carbonyl (C=O) groups is 1. The van der Waals surface area contributed by atoms with E-state index in [0.717, 1.165) is 17.7 Å². The molecule has 1 heterocycles. The van der Waals surface area contributed by atoms with Crippen LogP contribution in [0.3, 0.4) is 0 Å². The lowest BCUT2D eigenvalue weighted by Gasteiger charge is -2.11. The van der Waals surface area contributed by atoms with Crippen LogP contribution in [0, 0.1) is 0 Å². The van der Waals surface area contributed by atoms with Crippen molar-refractivity contribution in [2.75, 3.05) is 6.61 Å². The van der Waals surface area contributed by atoms with Gasteiger partial charge in [-0.15, -0.1) is 12.4 Å². The molecule has 1 aromatic carbocycles. The Morgan fingerprint density at radius 3 is 2.62 bits per heavy atom. The summed E-state index contributed by atoms with van der Waals surface area (Å²) in [5, 5.41) is 15.9. The number of ether oxygens (including phenoxy) is 1. The predicted molar refractivity (Wildman–Crippen MR) is 91.3 cm³/mol. The fraction of sp³-hybridized carbons (Fsp3) is 0.438. The Morgan fingerprint density at radius 1 is 1.33 bits per heavy atom. The number of carboxylic acids is 1. The molecule has 0 saturated heterocycles. The average Bonchev–Trinajstić information content (AvgIpc) is 3.01. The molecule has 2 N–H and O–H groups in total. The van der Waals surface area contributed by atoms with Crippen molar-refractivity contribution < 1.29 is 19.2 Å². The topological polar surface area (TPSA) is 97.5 Å². The number of nitrogens with zero attached hydrogens (tertiary/aromatic N) is 2. The molecular formula is C16H22ClN3O4. The summed E-state index contributed by atoms with van der Waals surface area (Å²) in [7, 11) is 0. The third-order valence-corrected chi connectivity index (χ3v) is 3.27. The van der Waals surface area contributed by atoms with Gasteiger partial charge in [0.1, 0.15) is 11.8 Å². The van der Waals surface area contributed by atoms with Crippen LogP contribution < -0.4 is 10.1 Å². The highest BCUT2D eigenvalue weighted by Crippen LogP contribution is 2.20. The van der Waals surface area contributed by atoms with Crippen molar-refractivity contribution in [1.82, 2.24) is 15.5 Å². The van der Waals surface area contributed by atoms with Gasteiger partial charge in [-0.3, -0.25) is 10.1 Å².